The van der Waals surface area contributed by atoms with E-state index in [9.17, 15) is 9.18 Å². The van der Waals surface area contributed by atoms with E-state index in [4.69, 9.17) is 5.11 Å². The molecule has 1 aromatic carbocycles. The van der Waals surface area contributed by atoms with E-state index in [0.717, 1.165) is 12.1 Å². The molecular formula is C7H6FNO3. The van der Waals surface area contributed by atoms with Gasteiger partial charge in [-0.2, -0.15) is 0 Å². The fourth-order valence-corrected chi connectivity index (χ4v) is 0.667. The van der Waals surface area contributed by atoms with Gasteiger partial charge in [0.2, 0.25) is 0 Å². The summed E-state index contributed by atoms with van der Waals surface area (Å²) in [7, 11) is 0. The van der Waals surface area contributed by atoms with E-state index >= 15 is 0 Å². The summed E-state index contributed by atoms with van der Waals surface area (Å²) in [5, 5.41) is 8.73. The Balaban J connectivity index is 2.89. The number of halogens is 1. The maximum absolute atomic E-state index is 12.5. The van der Waals surface area contributed by atoms with Crippen LogP contribution in [0.25, 0.3) is 0 Å². The maximum Gasteiger partial charge on any atom is 0.409 e. The zero-order valence-corrected chi connectivity index (χ0v) is 5.95. The van der Waals surface area contributed by atoms with Crippen LogP contribution in [0.5, 0.6) is 11.5 Å². The highest BCUT2D eigenvalue weighted by atomic mass is 19.1. The van der Waals surface area contributed by atoms with Gasteiger partial charge in [-0.1, -0.05) is 0 Å². The summed E-state index contributed by atoms with van der Waals surface area (Å²) in [4.78, 5) is 10.2. The number of phenolic OH excluding ortho intramolecular Hbond substituents is 1. The number of carbonyl (C=O) groups is 1. The SMILES string of the molecule is NC(=O)Oc1ccc(O)c(F)c1. The second kappa shape index (κ2) is 3.08. The zero-order chi connectivity index (χ0) is 9.14. The van der Waals surface area contributed by atoms with E-state index in [0.29, 0.717) is 0 Å². The van der Waals surface area contributed by atoms with Crippen LogP contribution < -0.4 is 10.5 Å². The standard InChI is InChI=1S/C7H6FNO3/c8-5-3-4(12-7(9)11)1-2-6(5)10/h1-3,10H,(H2,9,11). The number of primary amides is 1. The Morgan fingerprint density at radius 1 is 1.58 bits per heavy atom. The van der Waals surface area contributed by atoms with Crippen molar-refractivity contribution in [2.45, 2.75) is 0 Å². The Morgan fingerprint density at radius 3 is 2.75 bits per heavy atom. The summed E-state index contributed by atoms with van der Waals surface area (Å²) in [5.74, 6) is -1.42. The van der Waals surface area contributed by atoms with Gasteiger partial charge in [-0.05, 0) is 12.1 Å². The summed E-state index contributed by atoms with van der Waals surface area (Å²) >= 11 is 0. The fraction of sp³-hybridized carbons (Fsp3) is 0. The lowest BCUT2D eigenvalue weighted by Gasteiger charge is -2.00. The summed E-state index contributed by atoms with van der Waals surface area (Å²) in [6.45, 7) is 0. The molecule has 1 amide bonds. The molecule has 0 atom stereocenters. The summed E-state index contributed by atoms with van der Waals surface area (Å²) < 4.78 is 16.9. The molecule has 4 nitrogen and oxygen atoms in total. The quantitative estimate of drug-likeness (QED) is 0.661. The molecule has 64 valence electrons. The van der Waals surface area contributed by atoms with Crippen molar-refractivity contribution < 1.29 is 19.0 Å². The van der Waals surface area contributed by atoms with Gasteiger partial charge < -0.3 is 15.6 Å². The molecule has 0 spiro atoms. The molecule has 0 unspecified atom stereocenters. The molecule has 0 fully saturated rings. The predicted octanol–water partition coefficient (Wildman–Crippen LogP) is 0.989. The van der Waals surface area contributed by atoms with Crippen LogP contribution in [0.2, 0.25) is 0 Å². The summed E-state index contributed by atoms with van der Waals surface area (Å²) in [6.07, 6.45) is -1.03. The van der Waals surface area contributed by atoms with Crippen LogP contribution in [-0.4, -0.2) is 11.2 Å². The lowest BCUT2D eigenvalue weighted by atomic mass is 10.3. The molecule has 0 aromatic heterocycles. The molecule has 0 saturated heterocycles. The third-order valence-electron chi connectivity index (χ3n) is 1.14. The molecule has 1 aromatic rings. The van der Waals surface area contributed by atoms with Crippen LogP contribution in [0.4, 0.5) is 9.18 Å². The Morgan fingerprint density at radius 2 is 2.25 bits per heavy atom. The third-order valence-corrected chi connectivity index (χ3v) is 1.14. The van der Waals surface area contributed by atoms with Crippen molar-refractivity contribution in [2.24, 2.45) is 5.73 Å². The Labute approximate surface area is 67.4 Å². The van der Waals surface area contributed by atoms with E-state index in [2.05, 4.69) is 10.5 Å². The highest BCUT2D eigenvalue weighted by Crippen LogP contribution is 2.20. The fourth-order valence-electron chi connectivity index (χ4n) is 0.667. The molecule has 12 heavy (non-hydrogen) atoms. The van der Waals surface area contributed by atoms with Crippen LogP contribution in [0.3, 0.4) is 0 Å². The predicted molar refractivity (Wildman–Crippen MR) is 38.3 cm³/mol. The van der Waals surface area contributed by atoms with Gasteiger partial charge >= 0.3 is 6.09 Å². The molecule has 0 aliphatic rings. The second-order valence-electron chi connectivity index (χ2n) is 2.03. The van der Waals surface area contributed by atoms with Crippen LogP contribution in [0.15, 0.2) is 18.2 Å². The number of aromatic hydroxyl groups is 1. The first-order valence-corrected chi connectivity index (χ1v) is 3.05. The topological polar surface area (TPSA) is 72.6 Å². The van der Waals surface area contributed by atoms with Crippen molar-refractivity contribution in [3.8, 4) is 11.5 Å². The number of ether oxygens (including phenoxy) is 1. The number of hydrogen-bond donors (Lipinski definition) is 2. The van der Waals surface area contributed by atoms with E-state index in [-0.39, 0.29) is 5.75 Å². The van der Waals surface area contributed by atoms with Gasteiger partial charge in [-0.3, -0.25) is 0 Å². The molecule has 0 heterocycles. The van der Waals surface area contributed by atoms with Crippen molar-refractivity contribution in [1.82, 2.24) is 0 Å². The number of benzene rings is 1. The number of hydrogen-bond acceptors (Lipinski definition) is 3. The van der Waals surface area contributed by atoms with E-state index in [1.165, 1.54) is 6.07 Å². The Bertz CT molecular complexity index is 314. The van der Waals surface area contributed by atoms with Crippen LogP contribution in [-0.2, 0) is 0 Å². The van der Waals surface area contributed by atoms with Gasteiger partial charge in [0.25, 0.3) is 0 Å². The zero-order valence-electron chi connectivity index (χ0n) is 5.95. The van der Waals surface area contributed by atoms with Gasteiger partial charge in [0.1, 0.15) is 5.75 Å². The van der Waals surface area contributed by atoms with Gasteiger partial charge in [-0.15, -0.1) is 0 Å². The van der Waals surface area contributed by atoms with E-state index in [1.807, 2.05) is 0 Å². The van der Waals surface area contributed by atoms with Gasteiger partial charge in [0.05, 0.1) is 0 Å². The average Bonchev–Trinajstić information content (AvgIpc) is 1.96. The smallest absolute Gasteiger partial charge is 0.409 e. The summed E-state index contributed by atoms with van der Waals surface area (Å²) in [6, 6.07) is 3.15. The number of nitrogens with two attached hydrogens (primary N) is 1. The largest absolute Gasteiger partial charge is 0.505 e. The van der Waals surface area contributed by atoms with Gasteiger partial charge in [-0.25, -0.2) is 9.18 Å². The number of carbonyl (C=O) groups excluding carboxylic acids is 1. The Hall–Kier alpha value is -1.78. The number of phenols is 1. The highest BCUT2D eigenvalue weighted by molar-refractivity contribution is 5.68. The normalized spacial score (nSPS) is 9.42. The third kappa shape index (κ3) is 1.85. The van der Waals surface area contributed by atoms with Gasteiger partial charge in [0, 0.05) is 6.07 Å². The van der Waals surface area contributed by atoms with E-state index in [1.54, 1.807) is 0 Å². The van der Waals surface area contributed by atoms with Crippen molar-refractivity contribution in [1.29, 1.82) is 0 Å². The highest BCUT2D eigenvalue weighted by Gasteiger charge is 2.03. The molecule has 5 heteroatoms. The average molecular weight is 171 g/mol. The monoisotopic (exact) mass is 171 g/mol. The Kier molecular flexibility index (Phi) is 2.14. The molecule has 0 saturated carbocycles. The number of amides is 1. The van der Waals surface area contributed by atoms with E-state index < -0.39 is 17.7 Å². The molecular weight excluding hydrogens is 165 g/mol. The second-order valence-corrected chi connectivity index (χ2v) is 2.03. The minimum Gasteiger partial charge on any atom is -0.505 e. The lowest BCUT2D eigenvalue weighted by Crippen LogP contribution is -2.16. The lowest BCUT2D eigenvalue weighted by molar-refractivity contribution is 0.210. The molecule has 3 N–H and O–H groups in total. The first-order chi connectivity index (χ1) is 5.59. The van der Waals surface area contributed by atoms with Crippen molar-refractivity contribution in [3.63, 3.8) is 0 Å². The van der Waals surface area contributed by atoms with Crippen LogP contribution in [0, 0.1) is 5.82 Å². The van der Waals surface area contributed by atoms with Crippen LogP contribution >= 0.6 is 0 Å². The molecule has 1 rings (SSSR count). The minimum absolute atomic E-state index is 0.0437. The van der Waals surface area contributed by atoms with Gasteiger partial charge in [0.15, 0.2) is 11.6 Å². The first kappa shape index (κ1) is 8.32. The molecule has 0 aliphatic carbocycles. The van der Waals surface area contributed by atoms with Crippen molar-refractivity contribution >= 4 is 6.09 Å². The summed E-state index contributed by atoms with van der Waals surface area (Å²) in [5.41, 5.74) is 4.67. The van der Waals surface area contributed by atoms with Crippen molar-refractivity contribution in [2.75, 3.05) is 0 Å². The minimum atomic E-state index is -1.03. The first-order valence-electron chi connectivity index (χ1n) is 3.05. The molecule has 0 bridgehead atoms. The van der Waals surface area contributed by atoms with Crippen molar-refractivity contribution in [3.05, 3.63) is 24.0 Å². The molecule has 0 aliphatic heterocycles. The number of rotatable bonds is 1. The maximum atomic E-state index is 12.5. The van der Waals surface area contributed by atoms with Crippen LogP contribution in [0.1, 0.15) is 0 Å². The molecule has 0 radical (unpaired) electrons.